The first-order valence-electron chi connectivity index (χ1n) is 6.66. The maximum absolute atomic E-state index is 11.7. The van der Waals surface area contributed by atoms with Crippen molar-refractivity contribution >= 4 is 11.7 Å². The number of hydrogen-bond acceptors (Lipinski definition) is 3. The molecule has 3 aromatic carbocycles. The summed E-state index contributed by atoms with van der Waals surface area (Å²) in [5.41, 5.74) is 7.50. The number of hydrogen-bond donors (Lipinski definition) is 1. The molecular formula is C18H17FeNO2. The molecule has 0 aliphatic heterocycles. The van der Waals surface area contributed by atoms with Gasteiger partial charge < -0.3 is 10.5 Å². The third kappa shape index (κ3) is 5.60. The summed E-state index contributed by atoms with van der Waals surface area (Å²) < 4.78 is 5.13. The first-order valence-corrected chi connectivity index (χ1v) is 6.66. The standard InChI is InChI=1S/C13H12NO2.C5H5.Fe/c14-12-8-4-3-7-11(12)13(15)16-9-10-5-1-2-6-10;1-2-4-5-3-1;/h1-8H,9,14H2;1-5H;/q2*-1;+2. The van der Waals surface area contributed by atoms with Crippen LogP contribution in [-0.2, 0) is 28.4 Å². The predicted molar refractivity (Wildman–Crippen MR) is 84.0 cm³/mol. The van der Waals surface area contributed by atoms with Crippen molar-refractivity contribution in [2.75, 3.05) is 5.73 Å². The summed E-state index contributed by atoms with van der Waals surface area (Å²) in [6, 6.07) is 24.5. The van der Waals surface area contributed by atoms with Gasteiger partial charge in [0.25, 0.3) is 0 Å². The van der Waals surface area contributed by atoms with Gasteiger partial charge in [-0.1, -0.05) is 12.1 Å². The van der Waals surface area contributed by atoms with Crippen LogP contribution in [0.4, 0.5) is 5.69 Å². The van der Waals surface area contributed by atoms with Crippen molar-refractivity contribution in [2.45, 2.75) is 6.61 Å². The average molecular weight is 335 g/mol. The van der Waals surface area contributed by atoms with Crippen molar-refractivity contribution in [2.24, 2.45) is 0 Å². The Bertz CT molecular complexity index is 628. The zero-order valence-corrected chi connectivity index (χ0v) is 13.1. The van der Waals surface area contributed by atoms with Crippen LogP contribution in [0.3, 0.4) is 0 Å². The van der Waals surface area contributed by atoms with Gasteiger partial charge in [0.05, 0.1) is 12.2 Å². The molecule has 0 atom stereocenters. The van der Waals surface area contributed by atoms with E-state index in [0.717, 1.165) is 5.56 Å². The Balaban J connectivity index is 0.000000344. The Morgan fingerprint density at radius 1 is 1.05 bits per heavy atom. The minimum Gasteiger partial charge on any atom is -0.470 e. The van der Waals surface area contributed by atoms with E-state index in [1.54, 1.807) is 24.3 Å². The molecule has 0 aromatic heterocycles. The number of carbonyl (C=O) groups is 1. The van der Waals surface area contributed by atoms with E-state index in [2.05, 4.69) is 0 Å². The zero-order valence-electron chi connectivity index (χ0n) is 12.0. The second-order valence-electron chi connectivity index (χ2n) is 4.42. The molecule has 22 heavy (non-hydrogen) atoms. The number of benzene rings is 1. The number of anilines is 1. The van der Waals surface area contributed by atoms with Gasteiger partial charge in [-0.3, -0.25) is 0 Å². The molecule has 0 heterocycles. The minimum atomic E-state index is -0.390. The first-order chi connectivity index (χ1) is 10.3. The Kier molecular flexibility index (Phi) is 7.76. The first kappa shape index (κ1) is 17.8. The Labute approximate surface area is 140 Å². The topological polar surface area (TPSA) is 52.3 Å². The number of esters is 1. The van der Waals surface area contributed by atoms with Crippen LogP contribution >= 0.6 is 0 Å². The van der Waals surface area contributed by atoms with E-state index >= 15 is 0 Å². The molecule has 0 bridgehead atoms. The third-order valence-corrected chi connectivity index (χ3v) is 2.84. The number of nitrogen functional groups attached to an aromatic ring is 1. The second-order valence-corrected chi connectivity index (χ2v) is 4.42. The van der Waals surface area contributed by atoms with Crippen LogP contribution in [0.25, 0.3) is 0 Å². The average Bonchev–Trinajstić information content (AvgIpc) is 3.21. The molecule has 0 saturated carbocycles. The Morgan fingerprint density at radius 3 is 2.23 bits per heavy atom. The van der Waals surface area contributed by atoms with Gasteiger partial charge in [0, 0.05) is 5.69 Å². The number of para-hydroxylation sites is 1. The van der Waals surface area contributed by atoms with Crippen molar-refractivity contribution in [1.29, 1.82) is 0 Å². The summed E-state index contributed by atoms with van der Waals surface area (Å²) >= 11 is 0. The number of rotatable bonds is 3. The molecule has 0 aliphatic rings. The molecule has 4 heteroatoms. The van der Waals surface area contributed by atoms with Crippen LogP contribution in [0.1, 0.15) is 15.9 Å². The van der Waals surface area contributed by atoms with Gasteiger partial charge in [-0.15, -0.1) is 5.56 Å². The molecular weight excluding hydrogens is 318 g/mol. The van der Waals surface area contributed by atoms with Gasteiger partial charge in [-0.05, 0) is 12.1 Å². The second kappa shape index (κ2) is 9.61. The van der Waals surface area contributed by atoms with E-state index in [9.17, 15) is 4.79 Å². The van der Waals surface area contributed by atoms with Crippen molar-refractivity contribution < 1.29 is 26.6 Å². The van der Waals surface area contributed by atoms with E-state index in [4.69, 9.17) is 10.5 Å². The summed E-state index contributed by atoms with van der Waals surface area (Å²) in [5.74, 6) is -0.390. The number of carbonyl (C=O) groups excluding carboxylic acids is 1. The van der Waals surface area contributed by atoms with Crippen LogP contribution in [-0.4, -0.2) is 5.97 Å². The van der Waals surface area contributed by atoms with E-state index in [1.807, 2.05) is 54.6 Å². The quantitative estimate of drug-likeness (QED) is 0.343. The minimum absolute atomic E-state index is 0. The molecule has 0 amide bonds. The fourth-order valence-corrected chi connectivity index (χ4v) is 1.74. The summed E-state index contributed by atoms with van der Waals surface area (Å²) in [7, 11) is 0. The molecule has 0 radical (unpaired) electrons. The molecule has 0 saturated heterocycles. The third-order valence-electron chi connectivity index (χ3n) is 2.84. The molecule has 2 N–H and O–H groups in total. The fourth-order valence-electron chi connectivity index (χ4n) is 1.74. The van der Waals surface area contributed by atoms with Crippen molar-refractivity contribution in [3.8, 4) is 0 Å². The van der Waals surface area contributed by atoms with Gasteiger partial charge in [0.2, 0.25) is 0 Å². The Morgan fingerprint density at radius 2 is 1.68 bits per heavy atom. The van der Waals surface area contributed by atoms with Crippen molar-refractivity contribution in [3.63, 3.8) is 0 Å². The number of ether oxygens (including phenoxy) is 1. The van der Waals surface area contributed by atoms with Crippen molar-refractivity contribution in [3.05, 3.63) is 90.0 Å². The normalized spacial score (nSPS) is 9.09. The molecule has 3 nitrogen and oxygen atoms in total. The number of nitrogens with two attached hydrogens (primary N) is 1. The Hall–Kier alpha value is -2.29. The summed E-state index contributed by atoms with van der Waals surface area (Å²) in [6.07, 6.45) is 0. The maximum Gasteiger partial charge on any atom is 2.00 e. The van der Waals surface area contributed by atoms with Crippen LogP contribution in [0.15, 0.2) is 78.9 Å². The monoisotopic (exact) mass is 335 g/mol. The van der Waals surface area contributed by atoms with Gasteiger partial charge >= 0.3 is 23.0 Å². The van der Waals surface area contributed by atoms with Gasteiger partial charge in [0.1, 0.15) is 0 Å². The fraction of sp³-hybridized carbons (Fsp3) is 0.0556. The van der Waals surface area contributed by atoms with Crippen molar-refractivity contribution in [1.82, 2.24) is 0 Å². The predicted octanol–water partition coefficient (Wildman–Crippen LogP) is 3.75. The molecule has 3 aromatic rings. The SMILES string of the molecule is Nc1ccccc1C(=O)OC[c-]1cccc1.[Fe+2].c1cc[cH-]c1. The van der Waals surface area contributed by atoms with Gasteiger partial charge in [-0.25, -0.2) is 29.1 Å². The van der Waals surface area contributed by atoms with Crippen LogP contribution in [0.5, 0.6) is 0 Å². The molecule has 114 valence electrons. The molecule has 0 unspecified atom stereocenters. The zero-order chi connectivity index (χ0) is 14.9. The van der Waals surface area contributed by atoms with E-state index < -0.39 is 0 Å². The van der Waals surface area contributed by atoms with Gasteiger partial charge in [-0.2, -0.15) is 30.3 Å². The smallest absolute Gasteiger partial charge is 0.470 e. The summed E-state index contributed by atoms with van der Waals surface area (Å²) in [5, 5.41) is 0. The summed E-state index contributed by atoms with van der Waals surface area (Å²) in [4.78, 5) is 11.7. The summed E-state index contributed by atoms with van der Waals surface area (Å²) in [6.45, 7) is 0.278. The van der Waals surface area contributed by atoms with E-state index in [1.165, 1.54) is 0 Å². The van der Waals surface area contributed by atoms with E-state index in [0.29, 0.717) is 11.3 Å². The van der Waals surface area contributed by atoms with Crippen LogP contribution < -0.4 is 5.73 Å². The largest absolute Gasteiger partial charge is 2.00 e. The molecule has 3 rings (SSSR count). The van der Waals surface area contributed by atoms with Crippen LogP contribution in [0.2, 0.25) is 0 Å². The molecule has 0 fully saturated rings. The molecule has 0 spiro atoms. The van der Waals surface area contributed by atoms with Crippen LogP contribution in [0, 0.1) is 0 Å². The van der Waals surface area contributed by atoms with E-state index in [-0.39, 0.29) is 29.6 Å². The maximum atomic E-state index is 11.7. The van der Waals surface area contributed by atoms with Gasteiger partial charge in [0.15, 0.2) is 0 Å². The molecule has 0 aliphatic carbocycles.